The smallest absolute Gasteiger partial charge is 0.333 e. The van der Waals surface area contributed by atoms with Crippen LogP contribution in [0, 0.1) is 0 Å². The molecule has 0 aromatic rings. The fourth-order valence-electron chi connectivity index (χ4n) is 3.63. The first-order chi connectivity index (χ1) is 12.9. The van der Waals surface area contributed by atoms with E-state index in [-0.39, 0.29) is 18.1 Å². The number of hydrogen-bond acceptors (Lipinski definition) is 3. The van der Waals surface area contributed by atoms with Crippen molar-refractivity contribution >= 4 is 5.97 Å². The third-order valence-corrected chi connectivity index (χ3v) is 5.45. The third-order valence-electron chi connectivity index (χ3n) is 5.45. The van der Waals surface area contributed by atoms with Crippen LogP contribution in [0.25, 0.3) is 0 Å². The summed E-state index contributed by atoms with van der Waals surface area (Å²) in [7, 11) is 4.13. The standard InChI is InChI=1S/C24H47NO2/c1-7-8-9-10-11-12-13-14-15-16-17-18-19-20-23(25(5)6)22(4)27-24(26)21(2)3/h22-23H,2,7-20H2,1,3-6H3. The van der Waals surface area contributed by atoms with Crippen LogP contribution in [0.3, 0.4) is 0 Å². The molecular weight excluding hydrogens is 334 g/mol. The number of carbonyl (C=O) groups excluding carboxylic acids is 1. The molecule has 0 aliphatic heterocycles. The molecule has 2 unspecified atom stereocenters. The molecule has 0 bridgehead atoms. The van der Waals surface area contributed by atoms with E-state index < -0.39 is 0 Å². The number of carbonyl (C=O) groups is 1. The second-order valence-corrected chi connectivity index (χ2v) is 8.45. The van der Waals surface area contributed by atoms with Gasteiger partial charge in [-0.2, -0.15) is 0 Å². The van der Waals surface area contributed by atoms with E-state index in [0.29, 0.717) is 5.57 Å². The molecule has 27 heavy (non-hydrogen) atoms. The van der Waals surface area contributed by atoms with Crippen molar-refractivity contribution in [3.8, 4) is 0 Å². The van der Waals surface area contributed by atoms with Crippen LogP contribution in [0.4, 0.5) is 0 Å². The van der Waals surface area contributed by atoms with E-state index in [4.69, 9.17) is 4.74 Å². The van der Waals surface area contributed by atoms with Crippen LogP contribution in [-0.4, -0.2) is 37.1 Å². The van der Waals surface area contributed by atoms with Gasteiger partial charge in [0.05, 0.1) is 0 Å². The number of hydrogen-bond donors (Lipinski definition) is 0. The summed E-state index contributed by atoms with van der Waals surface area (Å²) in [5.41, 5.74) is 0.473. The number of likely N-dealkylation sites (N-methyl/N-ethyl adjacent to an activating group) is 1. The highest BCUT2D eigenvalue weighted by atomic mass is 16.5. The largest absolute Gasteiger partial charge is 0.458 e. The van der Waals surface area contributed by atoms with E-state index in [1.165, 1.54) is 83.5 Å². The van der Waals surface area contributed by atoms with Gasteiger partial charge in [0.15, 0.2) is 0 Å². The minimum absolute atomic E-state index is 0.0958. The maximum atomic E-state index is 11.7. The van der Waals surface area contributed by atoms with Gasteiger partial charge in [0.2, 0.25) is 0 Å². The molecular formula is C24H47NO2. The minimum atomic E-state index is -0.278. The van der Waals surface area contributed by atoms with Gasteiger partial charge in [0, 0.05) is 11.6 Å². The molecule has 3 nitrogen and oxygen atoms in total. The molecule has 0 rings (SSSR count). The molecule has 0 aromatic heterocycles. The normalized spacial score (nSPS) is 13.6. The van der Waals surface area contributed by atoms with Crippen LogP contribution >= 0.6 is 0 Å². The van der Waals surface area contributed by atoms with Crippen molar-refractivity contribution in [2.45, 2.75) is 123 Å². The Labute approximate surface area is 169 Å². The quantitative estimate of drug-likeness (QED) is 0.147. The van der Waals surface area contributed by atoms with Crippen LogP contribution in [-0.2, 0) is 9.53 Å². The summed E-state index contributed by atoms with van der Waals surface area (Å²) in [6.45, 7) is 9.64. The number of unbranched alkanes of at least 4 members (excludes halogenated alkanes) is 12. The first kappa shape index (κ1) is 26.2. The fraction of sp³-hybridized carbons (Fsp3) is 0.875. The molecule has 2 atom stereocenters. The highest BCUT2D eigenvalue weighted by Gasteiger charge is 2.22. The molecule has 0 N–H and O–H groups in total. The summed E-state index contributed by atoms with van der Waals surface area (Å²) in [5, 5.41) is 0. The van der Waals surface area contributed by atoms with Gasteiger partial charge in [-0.15, -0.1) is 0 Å². The second kappa shape index (κ2) is 17.3. The Kier molecular flexibility index (Phi) is 16.7. The molecule has 3 heteroatoms. The lowest BCUT2D eigenvalue weighted by molar-refractivity contribution is -0.146. The molecule has 0 heterocycles. The van der Waals surface area contributed by atoms with Crippen molar-refractivity contribution in [1.29, 1.82) is 0 Å². The third kappa shape index (κ3) is 14.8. The van der Waals surface area contributed by atoms with Gasteiger partial charge in [-0.05, 0) is 34.4 Å². The molecule has 0 aliphatic carbocycles. The van der Waals surface area contributed by atoms with Crippen molar-refractivity contribution in [3.63, 3.8) is 0 Å². The Bertz CT molecular complexity index is 379. The highest BCUT2D eigenvalue weighted by molar-refractivity contribution is 5.87. The van der Waals surface area contributed by atoms with Crippen LogP contribution in [0.5, 0.6) is 0 Å². The predicted octanol–water partition coefficient (Wildman–Crippen LogP) is 6.91. The van der Waals surface area contributed by atoms with Gasteiger partial charge >= 0.3 is 5.97 Å². The van der Waals surface area contributed by atoms with Gasteiger partial charge < -0.3 is 9.64 Å². The molecule has 0 aliphatic rings. The molecule has 0 amide bonds. The Morgan fingerprint density at radius 2 is 1.26 bits per heavy atom. The SMILES string of the molecule is C=C(C)C(=O)OC(C)C(CCCCCCCCCCCCCCC)N(C)C. The maximum absolute atomic E-state index is 11.7. The average Bonchev–Trinajstić information content (AvgIpc) is 2.61. The highest BCUT2D eigenvalue weighted by Crippen LogP contribution is 2.17. The Balaban J connectivity index is 3.67. The summed E-state index contributed by atoms with van der Waals surface area (Å²) in [4.78, 5) is 13.9. The monoisotopic (exact) mass is 381 g/mol. The number of nitrogens with zero attached hydrogens (tertiary/aromatic N) is 1. The summed E-state index contributed by atoms with van der Waals surface area (Å²) in [6.07, 6.45) is 18.8. The molecule has 0 saturated heterocycles. The van der Waals surface area contributed by atoms with Gasteiger partial charge in [0.25, 0.3) is 0 Å². The number of esters is 1. The van der Waals surface area contributed by atoms with Crippen LogP contribution in [0.15, 0.2) is 12.2 Å². The lowest BCUT2D eigenvalue weighted by atomic mass is 10.0. The molecule has 0 saturated carbocycles. The van der Waals surface area contributed by atoms with Gasteiger partial charge in [-0.1, -0.05) is 97.0 Å². The van der Waals surface area contributed by atoms with Crippen molar-refractivity contribution in [2.75, 3.05) is 14.1 Å². The lowest BCUT2D eigenvalue weighted by Gasteiger charge is -2.30. The molecule has 160 valence electrons. The number of ether oxygens (including phenoxy) is 1. The molecule has 0 aromatic carbocycles. The summed E-state index contributed by atoms with van der Waals surface area (Å²) >= 11 is 0. The second-order valence-electron chi connectivity index (χ2n) is 8.45. The van der Waals surface area contributed by atoms with E-state index in [9.17, 15) is 4.79 Å². The zero-order valence-electron chi connectivity index (χ0n) is 19.0. The predicted molar refractivity (Wildman–Crippen MR) is 118 cm³/mol. The molecule has 0 spiro atoms. The lowest BCUT2D eigenvalue weighted by Crippen LogP contribution is -2.40. The van der Waals surface area contributed by atoms with Gasteiger partial charge in [-0.3, -0.25) is 0 Å². The van der Waals surface area contributed by atoms with Crippen molar-refractivity contribution in [3.05, 3.63) is 12.2 Å². The summed E-state index contributed by atoms with van der Waals surface area (Å²) < 4.78 is 5.52. The Morgan fingerprint density at radius 1 is 0.852 bits per heavy atom. The van der Waals surface area contributed by atoms with E-state index in [0.717, 1.165) is 6.42 Å². The van der Waals surface area contributed by atoms with E-state index in [1.54, 1.807) is 6.92 Å². The zero-order chi connectivity index (χ0) is 20.5. The zero-order valence-corrected chi connectivity index (χ0v) is 19.0. The van der Waals surface area contributed by atoms with Gasteiger partial charge in [-0.25, -0.2) is 4.79 Å². The van der Waals surface area contributed by atoms with E-state index in [2.05, 4.69) is 32.5 Å². The van der Waals surface area contributed by atoms with E-state index in [1.807, 2.05) is 6.92 Å². The van der Waals surface area contributed by atoms with Crippen LogP contribution in [0.1, 0.15) is 111 Å². The first-order valence-electron chi connectivity index (χ1n) is 11.4. The van der Waals surface area contributed by atoms with Crippen molar-refractivity contribution in [1.82, 2.24) is 4.90 Å². The molecule has 0 radical (unpaired) electrons. The van der Waals surface area contributed by atoms with E-state index >= 15 is 0 Å². The maximum Gasteiger partial charge on any atom is 0.333 e. The van der Waals surface area contributed by atoms with Crippen molar-refractivity contribution in [2.24, 2.45) is 0 Å². The average molecular weight is 382 g/mol. The Morgan fingerprint density at radius 3 is 1.63 bits per heavy atom. The fourth-order valence-corrected chi connectivity index (χ4v) is 3.63. The summed E-state index contributed by atoms with van der Waals surface area (Å²) in [6, 6.07) is 0.279. The first-order valence-corrected chi connectivity index (χ1v) is 11.4. The summed E-state index contributed by atoms with van der Waals surface area (Å²) in [5.74, 6) is -0.278. The number of rotatable bonds is 18. The van der Waals surface area contributed by atoms with Gasteiger partial charge in [0.1, 0.15) is 6.10 Å². The van der Waals surface area contributed by atoms with Crippen LogP contribution in [0.2, 0.25) is 0 Å². The minimum Gasteiger partial charge on any atom is -0.458 e. The van der Waals surface area contributed by atoms with Crippen LogP contribution < -0.4 is 0 Å². The molecule has 0 fully saturated rings. The van der Waals surface area contributed by atoms with Crippen molar-refractivity contribution < 1.29 is 9.53 Å². The topological polar surface area (TPSA) is 29.5 Å². The Hall–Kier alpha value is -0.830.